The molecule has 0 aliphatic rings. The molecule has 24 heavy (non-hydrogen) atoms. The molecule has 0 saturated carbocycles. The van der Waals surface area contributed by atoms with Crippen molar-refractivity contribution in [2.75, 3.05) is 5.32 Å². The fourth-order valence-corrected chi connectivity index (χ4v) is 2.92. The summed E-state index contributed by atoms with van der Waals surface area (Å²) < 4.78 is 13.4. The summed E-state index contributed by atoms with van der Waals surface area (Å²) in [5.41, 5.74) is 4.93. The minimum Gasteiger partial charge on any atom is -0.320 e. The van der Waals surface area contributed by atoms with E-state index in [0.717, 1.165) is 17.0 Å². The number of carbonyl (C=O) groups excluding carboxylic acids is 1. The molecule has 0 spiro atoms. The van der Waals surface area contributed by atoms with Crippen LogP contribution in [0.3, 0.4) is 0 Å². The van der Waals surface area contributed by atoms with Crippen molar-refractivity contribution in [3.8, 4) is 0 Å². The summed E-state index contributed by atoms with van der Waals surface area (Å²) in [6.45, 7) is 7.49. The molecule has 5 heteroatoms. The van der Waals surface area contributed by atoms with Gasteiger partial charge in [0.15, 0.2) is 0 Å². The van der Waals surface area contributed by atoms with Gasteiger partial charge in [-0.1, -0.05) is 0 Å². The Kier molecular flexibility index (Phi) is 4.01. The number of aryl methyl sites for hydroxylation is 4. The summed E-state index contributed by atoms with van der Waals surface area (Å²) in [4.78, 5) is 21.5. The van der Waals surface area contributed by atoms with Crippen LogP contribution in [-0.4, -0.2) is 15.9 Å². The lowest BCUT2D eigenvalue weighted by molar-refractivity contribution is 0.102. The number of pyridine rings is 2. The molecule has 2 aromatic heterocycles. The van der Waals surface area contributed by atoms with Crippen molar-refractivity contribution in [2.24, 2.45) is 0 Å². The summed E-state index contributed by atoms with van der Waals surface area (Å²) in [7, 11) is 0. The fraction of sp³-hybridized carbons (Fsp3) is 0.211. The minimum atomic E-state index is -0.374. The van der Waals surface area contributed by atoms with E-state index in [0.29, 0.717) is 27.8 Å². The number of hydrogen-bond acceptors (Lipinski definition) is 3. The van der Waals surface area contributed by atoms with Gasteiger partial charge >= 0.3 is 0 Å². The van der Waals surface area contributed by atoms with E-state index in [1.54, 1.807) is 19.1 Å². The highest BCUT2D eigenvalue weighted by molar-refractivity contribution is 6.12. The molecular formula is C19H18FN3O. The lowest BCUT2D eigenvalue weighted by atomic mass is 10.1. The highest BCUT2D eigenvalue weighted by Crippen LogP contribution is 2.23. The van der Waals surface area contributed by atoms with Crippen LogP contribution in [0, 0.1) is 33.5 Å². The molecule has 1 aromatic carbocycles. The molecule has 1 N–H and O–H groups in total. The average molecular weight is 323 g/mol. The second-order valence-corrected chi connectivity index (χ2v) is 5.97. The first-order chi connectivity index (χ1) is 11.3. The Morgan fingerprint density at radius 3 is 2.42 bits per heavy atom. The standard InChI is InChI=1S/C19H18FN3O/c1-10-7-11(2)21-13(4)18(10)23-19(24)16-8-12(3)22-17-9-14(20)5-6-15(16)17/h5-9H,1-4H3,(H,23,24). The smallest absolute Gasteiger partial charge is 0.256 e. The molecule has 4 nitrogen and oxygen atoms in total. The van der Waals surface area contributed by atoms with Gasteiger partial charge in [-0.25, -0.2) is 4.39 Å². The maximum atomic E-state index is 13.4. The summed E-state index contributed by atoms with van der Waals surface area (Å²) in [6.07, 6.45) is 0. The van der Waals surface area contributed by atoms with E-state index in [-0.39, 0.29) is 11.7 Å². The zero-order chi connectivity index (χ0) is 17.4. The van der Waals surface area contributed by atoms with Gasteiger partial charge in [-0.2, -0.15) is 0 Å². The number of rotatable bonds is 2. The van der Waals surface area contributed by atoms with Crippen molar-refractivity contribution in [2.45, 2.75) is 27.7 Å². The molecule has 0 aliphatic heterocycles. The summed E-state index contributed by atoms with van der Waals surface area (Å²) >= 11 is 0. The molecule has 3 rings (SSSR count). The van der Waals surface area contributed by atoms with Crippen molar-refractivity contribution in [1.29, 1.82) is 0 Å². The maximum absolute atomic E-state index is 13.4. The van der Waals surface area contributed by atoms with E-state index >= 15 is 0 Å². The third-order valence-electron chi connectivity index (χ3n) is 3.91. The molecule has 0 fully saturated rings. The average Bonchev–Trinajstić information content (AvgIpc) is 2.49. The number of fused-ring (bicyclic) bond motifs is 1. The number of halogens is 1. The number of amides is 1. The van der Waals surface area contributed by atoms with Gasteiger partial charge in [-0.05, 0) is 57.5 Å². The largest absolute Gasteiger partial charge is 0.320 e. The van der Waals surface area contributed by atoms with Gasteiger partial charge in [0.1, 0.15) is 5.82 Å². The van der Waals surface area contributed by atoms with E-state index in [1.165, 1.54) is 12.1 Å². The maximum Gasteiger partial charge on any atom is 0.256 e. The van der Waals surface area contributed by atoms with Crippen LogP contribution in [0.5, 0.6) is 0 Å². The van der Waals surface area contributed by atoms with Crippen LogP contribution < -0.4 is 5.32 Å². The highest BCUT2D eigenvalue weighted by atomic mass is 19.1. The number of nitrogens with zero attached hydrogens (tertiary/aromatic N) is 2. The van der Waals surface area contributed by atoms with Crippen LogP contribution in [0.4, 0.5) is 10.1 Å². The van der Waals surface area contributed by atoms with Crippen molar-refractivity contribution in [3.05, 3.63) is 64.4 Å². The Bertz CT molecular complexity index is 938. The van der Waals surface area contributed by atoms with Crippen molar-refractivity contribution in [3.63, 3.8) is 0 Å². The second-order valence-electron chi connectivity index (χ2n) is 5.97. The number of carbonyl (C=O) groups is 1. The Labute approximate surface area is 139 Å². The first-order valence-electron chi connectivity index (χ1n) is 7.68. The third kappa shape index (κ3) is 2.97. The van der Waals surface area contributed by atoms with E-state index in [9.17, 15) is 9.18 Å². The van der Waals surface area contributed by atoms with Gasteiger partial charge in [0.05, 0.1) is 22.5 Å². The molecule has 3 aromatic rings. The van der Waals surface area contributed by atoms with E-state index in [4.69, 9.17) is 0 Å². The van der Waals surface area contributed by atoms with Gasteiger partial charge < -0.3 is 5.32 Å². The van der Waals surface area contributed by atoms with Crippen molar-refractivity contribution in [1.82, 2.24) is 9.97 Å². The van der Waals surface area contributed by atoms with Gasteiger partial charge in [0.2, 0.25) is 0 Å². The number of benzene rings is 1. The predicted octanol–water partition coefficient (Wildman–Crippen LogP) is 4.25. The Balaban J connectivity index is 2.07. The van der Waals surface area contributed by atoms with Crippen LogP contribution >= 0.6 is 0 Å². The monoisotopic (exact) mass is 323 g/mol. The van der Waals surface area contributed by atoms with Crippen LogP contribution in [0.1, 0.15) is 33.0 Å². The van der Waals surface area contributed by atoms with Crippen LogP contribution in [0.15, 0.2) is 30.3 Å². The summed E-state index contributed by atoms with van der Waals surface area (Å²) in [5.74, 6) is -0.629. The Hall–Kier alpha value is -2.82. The molecule has 0 unspecified atom stereocenters. The number of nitrogens with one attached hydrogen (secondary N) is 1. The Morgan fingerprint density at radius 2 is 1.71 bits per heavy atom. The van der Waals surface area contributed by atoms with E-state index in [2.05, 4.69) is 15.3 Å². The number of anilines is 1. The SMILES string of the molecule is Cc1cc(C)c(NC(=O)c2cc(C)nc3cc(F)ccc23)c(C)n1. The van der Waals surface area contributed by atoms with Crippen LogP contribution in [0.25, 0.3) is 10.9 Å². The second kappa shape index (κ2) is 6.00. The van der Waals surface area contributed by atoms with Crippen LogP contribution in [0.2, 0.25) is 0 Å². The molecule has 0 bridgehead atoms. The molecule has 122 valence electrons. The topological polar surface area (TPSA) is 54.9 Å². The van der Waals surface area contributed by atoms with E-state index < -0.39 is 0 Å². The molecule has 0 saturated heterocycles. The molecular weight excluding hydrogens is 305 g/mol. The van der Waals surface area contributed by atoms with Crippen LogP contribution in [-0.2, 0) is 0 Å². The van der Waals surface area contributed by atoms with Gasteiger partial charge in [0, 0.05) is 22.8 Å². The van der Waals surface area contributed by atoms with Crippen molar-refractivity contribution >= 4 is 22.5 Å². The highest BCUT2D eigenvalue weighted by Gasteiger charge is 2.15. The van der Waals surface area contributed by atoms with Gasteiger partial charge in [-0.15, -0.1) is 0 Å². The normalized spacial score (nSPS) is 10.9. The minimum absolute atomic E-state index is 0.256. The zero-order valence-corrected chi connectivity index (χ0v) is 14.1. The fourth-order valence-electron chi connectivity index (χ4n) is 2.92. The van der Waals surface area contributed by atoms with Gasteiger partial charge in [0.25, 0.3) is 5.91 Å². The Morgan fingerprint density at radius 1 is 1.00 bits per heavy atom. The molecule has 0 aliphatic carbocycles. The van der Waals surface area contributed by atoms with Gasteiger partial charge in [-0.3, -0.25) is 14.8 Å². The quantitative estimate of drug-likeness (QED) is 0.767. The molecule has 0 atom stereocenters. The zero-order valence-electron chi connectivity index (χ0n) is 14.1. The lowest BCUT2D eigenvalue weighted by Gasteiger charge is -2.13. The molecule has 1 amide bonds. The summed E-state index contributed by atoms with van der Waals surface area (Å²) in [5, 5.41) is 3.55. The first kappa shape index (κ1) is 16.1. The number of aromatic nitrogens is 2. The van der Waals surface area contributed by atoms with E-state index in [1.807, 2.05) is 26.8 Å². The number of hydrogen-bond donors (Lipinski definition) is 1. The first-order valence-corrected chi connectivity index (χ1v) is 7.68. The third-order valence-corrected chi connectivity index (χ3v) is 3.91. The lowest BCUT2D eigenvalue weighted by Crippen LogP contribution is -2.15. The molecule has 2 heterocycles. The predicted molar refractivity (Wildman–Crippen MR) is 92.8 cm³/mol. The van der Waals surface area contributed by atoms with Crippen molar-refractivity contribution < 1.29 is 9.18 Å². The molecule has 0 radical (unpaired) electrons. The summed E-state index contributed by atoms with van der Waals surface area (Å²) in [6, 6.07) is 7.89.